The Morgan fingerprint density at radius 2 is 1.83 bits per heavy atom. The summed E-state index contributed by atoms with van der Waals surface area (Å²) in [5.41, 5.74) is 5.65. The fourth-order valence-corrected chi connectivity index (χ4v) is 4.05. The molecule has 1 aromatic carbocycles. The van der Waals surface area contributed by atoms with E-state index in [1.807, 2.05) is 31.5 Å². The van der Waals surface area contributed by atoms with E-state index in [0.717, 1.165) is 34.5 Å². The number of nitrogens with zero attached hydrogens (tertiary/aromatic N) is 5. The summed E-state index contributed by atoms with van der Waals surface area (Å²) in [6, 6.07) is 8.99. The van der Waals surface area contributed by atoms with Gasteiger partial charge in [0, 0.05) is 59.8 Å². The Labute approximate surface area is 182 Å². The minimum Gasteiger partial charge on any atom is -0.351 e. The third-order valence-electron chi connectivity index (χ3n) is 5.27. The fraction of sp³-hybridized carbons (Fsp3) is 0.182. The molecular weight excluding hydrogens is 424 g/mol. The summed E-state index contributed by atoms with van der Waals surface area (Å²) in [5.74, 6) is 0.0817. The molecule has 0 saturated heterocycles. The standard InChI is InChI=1S/C22H16Cl2FN5/c1-12-2-3-13(9-26-12)14-6-15-11-30(5-4-19(15)27-10-14)21-16-7-18(25)17(23)8-20(16)28-22(24)29-21/h2-3,6-10H,4-5,11H2,1H3. The second-order valence-corrected chi connectivity index (χ2v) is 8.03. The lowest BCUT2D eigenvalue weighted by Crippen LogP contribution is -2.32. The molecule has 30 heavy (non-hydrogen) atoms. The first-order valence-electron chi connectivity index (χ1n) is 9.46. The van der Waals surface area contributed by atoms with Crippen molar-refractivity contribution in [3.8, 4) is 11.1 Å². The highest BCUT2D eigenvalue weighted by atomic mass is 35.5. The normalized spacial score (nSPS) is 13.5. The molecular formula is C22H16Cl2FN5. The summed E-state index contributed by atoms with van der Waals surface area (Å²) in [4.78, 5) is 19.7. The molecule has 0 spiro atoms. The van der Waals surface area contributed by atoms with Crippen LogP contribution in [0, 0.1) is 12.7 Å². The van der Waals surface area contributed by atoms with Crippen LogP contribution in [0.4, 0.5) is 10.2 Å². The monoisotopic (exact) mass is 439 g/mol. The Bertz CT molecular complexity index is 1280. The van der Waals surface area contributed by atoms with Crippen LogP contribution >= 0.6 is 23.2 Å². The van der Waals surface area contributed by atoms with Gasteiger partial charge in [0.15, 0.2) is 0 Å². The third-order valence-corrected chi connectivity index (χ3v) is 5.73. The van der Waals surface area contributed by atoms with E-state index in [4.69, 9.17) is 23.2 Å². The van der Waals surface area contributed by atoms with E-state index in [9.17, 15) is 4.39 Å². The van der Waals surface area contributed by atoms with Gasteiger partial charge in [0.05, 0.1) is 10.5 Å². The van der Waals surface area contributed by atoms with E-state index in [-0.39, 0.29) is 10.3 Å². The number of aromatic nitrogens is 4. The average Bonchev–Trinajstić information content (AvgIpc) is 2.74. The van der Waals surface area contributed by atoms with Crippen LogP contribution in [0.15, 0.2) is 42.7 Å². The summed E-state index contributed by atoms with van der Waals surface area (Å²) >= 11 is 12.1. The number of hydrogen-bond donors (Lipinski definition) is 0. The molecule has 0 radical (unpaired) electrons. The Morgan fingerprint density at radius 3 is 2.63 bits per heavy atom. The maximum atomic E-state index is 14.1. The number of fused-ring (bicyclic) bond motifs is 2. The first kappa shape index (κ1) is 19.2. The van der Waals surface area contributed by atoms with Gasteiger partial charge in [0.25, 0.3) is 0 Å². The number of rotatable bonds is 2. The van der Waals surface area contributed by atoms with Crippen LogP contribution in [-0.2, 0) is 13.0 Å². The topological polar surface area (TPSA) is 54.8 Å². The molecule has 150 valence electrons. The van der Waals surface area contributed by atoms with Crippen molar-refractivity contribution < 1.29 is 4.39 Å². The number of halogens is 3. The number of anilines is 1. The van der Waals surface area contributed by atoms with Gasteiger partial charge < -0.3 is 4.90 Å². The first-order valence-corrected chi connectivity index (χ1v) is 10.2. The van der Waals surface area contributed by atoms with Crippen molar-refractivity contribution in [1.29, 1.82) is 0 Å². The SMILES string of the molecule is Cc1ccc(-c2cnc3c(c2)CN(c2nc(Cl)nc4cc(Cl)c(F)cc24)CC3)cn1. The van der Waals surface area contributed by atoms with Crippen molar-refractivity contribution in [1.82, 2.24) is 19.9 Å². The molecule has 4 aromatic rings. The van der Waals surface area contributed by atoms with Crippen LogP contribution in [-0.4, -0.2) is 26.5 Å². The molecule has 0 saturated carbocycles. The number of benzene rings is 1. The van der Waals surface area contributed by atoms with Crippen LogP contribution in [0.2, 0.25) is 10.3 Å². The largest absolute Gasteiger partial charge is 0.351 e. The quantitative estimate of drug-likeness (QED) is 0.391. The molecule has 1 aliphatic rings. The van der Waals surface area contributed by atoms with Gasteiger partial charge in [-0.2, -0.15) is 4.98 Å². The summed E-state index contributed by atoms with van der Waals surface area (Å²) in [5, 5.41) is 0.688. The summed E-state index contributed by atoms with van der Waals surface area (Å²) in [7, 11) is 0. The molecule has 0 amide bonds. The Kier molecular flexibility index (Phi) is 4.76. The van der Waals surface area contributed by atoms with E-state index in [1.165, 1.54) is 12.1 Å². The van der Waals surface area contributed by atoms with Crippen molar-refractivity contribution in [3.05, 3.63) is 75.8 Å². The molecule has 3 aromatic heterocycles. The Balaban J connectivity index is 1.55. The Morgan fingerprint density at radius 1 is 1.00 bits per heavy atom. The average molecular weight is 440 g/mol. The molecule has 0 fully saturated rings. The van der Waals surface area contributed by atoms with Gasteiger partial charge in [-0.15, -0.1) is 0 Å². The highest BCUT2D eigenvalue weighted by Crippen LogP contribution is 2.33. The van der Waals surface area contributed by atoms with E-state index in [2.05, 4.69) is 30.9 Å². The molecule has 5 nitrogen and oxygen atoms in total. The lowest BCUT2D eigenvalue weighted by atomic mass is 10.0. The van der Waals surface area contributed by atoms with E-state index in [1.54, 1.807) is 0 Å². The fourth-order valence-electron chi connectivity index (χ4n) is 3.72. The molecule has 8 heteroatoms. The minimum atomic E-state index is -0.510. The zero-order chi connectivity index (χ0) is 20.8. The van der Waals surface area contributed by atoms with Crippen LogP contribution in [0.3, 0.4) is 0 Å². The second kappa shape index (κ2) is 7.45. The lowest BCUT2D eigenvalue weighted by molar-refractivity contribution is 0.629. The Hall–Kier alpha value is -2.83. The summed E-state index contributed by atoms with van der Waals surface area (Å²) in [6.45, 7) is 3.24. The molecule has 0 N–H and O–H groups in total. The number of hydrogen-bond acceptors (Lipinski definition) is 5. The molecule has 0 atom stereocenters. The third kappa shape index (κ3) is 3.46. The predicted molar refractivity (Wildman–Crippen MR) is 116 cm³/mol. The predicted octanol–water partition coefficient (Wildman–Crippen LogP) is 5.40. The molecule has 1 aliphatic heterocycles. The first-order chi connectivity index (χ1) is 14.5. The molecule has 4 heterocycles. The molecule has 0 bridgehead atoms. The highest BCUT2D eigenvalue weighted by molar-refractivity contribution is 6.32. The molecule has 0 unspecified atom stereocenters. The second-order valence-electron chi connectivity index (χ2n) is 7.29. The van der Waals surface area contributed by atoms with Crippen LogP contribution < -0.4 is 4.90 Å². The van der Waals surface area contributed by atoms with Gasteiger partial charge in [-0.3, -0.25) is 9.97 Å². The highest BCUT2D eigenvalue weighted by Gasteiger charge is 2.22. The van der Waals surface area contributed by atoms with Gasteiger partial charge in [-0.1, -0.05) is 17.7 Å². The van der Waals surface area contributed by atoms with Crippen LogP contribution in [0.1, 0.15) is 17.0 Å². The zero-order valence-electron chi connectivity index (χ0n) is 16.0. The zero-order valence-corrected chi connectivity index (χ0v) is 17.5. The maximum absolute atomic E-state index is 14.1. The van der Waals surface area contributed by atoms with E-state index in [0.29, 0.717) is 29.8 Å². The van der Waals surface area contributed by atoms with Crippen molar-refractivity contribution in [2.24, 2.45) is 0 Å². The summed E-state index contributed by atoms with van der Waals surface area (Å²) < 4.78 is 14.1. The minimum absolute atomic E-state index is 0.00718. The van der Waals surface area contributed by atoms with Gasteiger partial charge in [0.1, 0.15) is 11.6 Å². The van der Waals surface area contributed by atoms with Gasteiger partial charge in [0.2, 0.25) is 5.28 Å². The van der Waals surface area contributed by atoms with E-state index >= 15 is 0 Å². The van der Waals surface area contributed by atoms with Crippen molar-refractivity contribution in [3.63, 3.8) is 0 Å². The number of pyridine rings is 2. The molecule has 0 aliphatic carbocycles. The lowest BCUT2D eigenvalue weighted by Gasteiger charge is -2.30. The smallest absolute Gasteiger partial charge is 0.224 e. The maximum Gasteiger partial charge on any atom is 0.224 e. The van der Waals surface area contributed by atoms with Crippen molar-refractivity contribution >= 4 is 39.9 Å². The van der Waals surface area contributed by atoms with Gasteiger partial charge in [-0.05, 0) is 48.4 Å². The summed E-state index contributed by atoms with van der Waals surface area (Å²) in [6.07, 6.45) is 4.49. The molecule has 5 rings (SSSR count). The van der Waals surface area contributed by atoms with Crippen LogP contribution in [0.25, 0.3) is 22.0 Å². The van der Waals surface area contributed by atoms with Gasteiger partial charge in [-0.25, -0.2) is 9.37 Å². The number of aryl methyl sites for hydroxylation is 1. The van der Waals surface area contributed by atoms with E-state index < -0.39 is 5.82 Å². The van der Waals surface area contributed by atoms with Crippen LogP contribution in [0.5, 0.6) is 0 Å². The van der Waals surface area contributed by atoms with Crippen molar-refractivity contribution in [2.45, 2.75) is 19.9 Å². The van der Waals surface area contributed by atoms with Gasteiger partial charge >= 0.3 is 0 Å². The van der Waals surface area contributed by atoms with Crippen molar-refractivity contribution in [2.75, 3.05) is 11.4 Å².